The zero-order valence-electron chi connectivity index (χ0n) is 11.0. The predicted octanol–water partition coefficient (Wildman–Crippen LogP) is 3.18. The van der Waals surface area contributed by atoms with E-state index in [1.54, 1.807) is 12.1 Å². The molecule has 0 spiro atoms. The summed E-state index contributed by atoms with van der Waals surface area (Å²) in [6, 6.07) is 6.13. The molecule has 0 saturated heterocycles. The Morgan fingerprint density at radius 3 is 2.50 bits per heavy atom. The molecule has 0 amide bonds. The van der Waals surface area contributed by atoms with Gasteiger partial charge in [0.2, 0.25) is 0 Å². The van der Waals surface area contributed by atoms with Crippen LogP contribution < -0.4 is 4.74 Å². The number of esters is 1. The first-order chi connectivity index (χ1) is 8.38. The minimum Gasteiger partial charge on any atom is -0.487 e. The van der Waals surface area contributed by atoms with Gasteiger partial charge in [0.05, 0.1) is 6.42 Å². The van der Waals surface area contributed by atoms with Crippen molar-refractivity contribution >= 4 is 5.97 Å². The van der Waals surface area contributed by atoms with Gasteiger partial charge in [-0.15, -0.1) is 0 Å². The lowest BCUT2D eigenvalue weighted by Gasteiger charge is -2.16. The van der Waals surface area contributed by atoms with E-state index in [2.05, 4.69) is 0 Å². The lowest BCUT2D eigenvalue weighted by atomic mass is 9.93. The fraction of sp³-hybridized carbons (Fsp3) is 0.500. The lowest BCUT2D eigenvalue weighted by Crippen LogP contribution is -2.18. The summed E-state index contributed by atoms with van der Waals surface area (Å²) in [4.78, 5) is 11.4. The first kappa shape index (κ1) is 14.5. The number of carbonyl (C=O) groups is 1. The van der Waals surface area contributed by atoms with Crippen LogP contribution in [0, 0.1) is 11.2 Å². The Bertz CT molecular complexity index is 396. The number of hydrogen-bond donors (Lipinski definition) is 0. The summed E-state index contributed by atoms with van der Waals surface area (Å²) in [5.41, 5.74) is -0.0938. The minimum absolute atomic E-state index is 0.0938. The number of rotatable bonds is 5. The van der Waals surface area contributed by atoms with Crippen LogP contribution in [0.5, 0.6) is 5.75 Å². The van der Waals surface area contributed by atoms with E-state index in [1.807, 2.05) is 20.8 Å². The summed E-state index contributed by atoms with van der Waals surface area (Å²) in [6.07, 6.45) is 0.354. The molecule has 0 fully saturated rings. The molecule has 100 valence electrons. The summed E-state index contributed by atoms with van der Waals surface area (Å²) in [5, 5.41) is 0. The normalized spacial score (nSPS) is 11.1. The van der Waals surface area contributed by atoms with Crippen LogP contribution in [0.1, 0.15) is 27.2 Å². The van der Waals surface area contributed by atoms with Crippen LogP contribution >= 0.6 is 0 Å². The smallest absolute Gasteiger partial charge is 0.306 e. The van der Waals surface area contributed by atoms with Gasteiger partial charge in [-0.2, -0.15) is 0 Å². The summed E-state index contributed by atoms with van der Waals surface area (Å²) in [6.45, 7) is 6.17. The van der Waals surface area contributed by atoms with Crippen molar-refractivity contribution in [3.8, 4) is 5.75 Å². The zero-order valence-corrected chi connectivity index (χ0v) is 11.0. The third-order valence-corrected chi connectivity index (χ3v) is 2.12. The molecule has 3 nitrogen and oxygen atoms in total. The molecule has 0 saturated carbocycles. The summed E-state index contributed by atoms with van der Waals surface area (Å²) >= 11 is 0. The third kappa shape index (κ3) is 5.66. The highest BCUT2D eigenvalue weighted by molar-refractivity contribution is 5.70. The molecule has 0 bridgehead atoms. The van der Waals surface area contributed by atoms with Crippen molar-refractivity contribution in [3.63, 3.8) is 0 Å². The van der Waals surface area contributed by atoms with E-state index in [9.17, 15) is 9.18 Å². The van der Waals surface area contributed by atoms with Crippen LogP contribution in [-0.2, 0) is 9.53 Å². The van der Waals surface area contributed by atoms with Crippen LogP contribution in [-0.4, -0.2) is 19.2 Å². The average Bonchev–Trinajstić information content (AvgIpc) is 2.24. The average molecular weight is 254 g/mol. The number of para-hydroxylation sites is 1. The maximum Gasteiger partial charge on any atom is 0.306 e. The van der Waals surface area contributed by atoms with Gasteiger partial charge in [0.15, 0.2) is 11.6 Å². The summed E-state index contributed by atoms with van der Waals surface area (Å²) in [5.74, 6) is -0.512. The van der Waals surface area contributed by atoms with Crippen LogP contribution in [0.25, 0.3) is 0 Å². The molecule has 0 atom stereocenters. The maximum atomic E-state index is 13.2. The molecule has 0 aliphatic heterocycles. The number of carbonyl (C=O) groups excluding carboxylic acids is 1. The third-order valence-electron chi connectivity index (χ3n) is 2.12. The Morgan fingerprint density at radius 2 is 1.89 bits per heavy atom. The fourth-order valence-corrected chi connectivity index (χ4v) is 1.35. The number of benzene rings is 1. The molecule has 0 aliphatic rings. The summed E-state index contributed by atoms with van der Waals surface area (Å²) in [7, 11) is 0. The van der Waals surface area contributed by atoms with Crippen molar-refractivity contribution < 1.29 is 18.7 Å². The monoisotopic (exact) mass is 254 g/mol. The zero-order chi connectivity index (χ0) is 13.6. The van der Waals surface area contributed by atoms with Crippen LogP contribution in [0.4, 0.5) is 4.39 Å². The molecule has 0 unspecified atom stereocenters. The van der Waals surface area contributed by atoms with Gasteiger partial charge in [-0.1, -0.05) is 32.9 Å². The van der Waals surface area contributed by atoms with E-state index < -0.39 is 5.82 Å². The van der Waals surface area contributed by atoms with Crippen molar-refractivity contribution in [2.75, 3.05) is 13.2 Å². The molecule has 1 aromatic carbocycles. The first-order valence-electron chi connectivity index (χ1n) is 5.91. The van der Waals surface area contributed by atoms with Gasteiger partial charge in [0.25, 0.3) is 0 Å². The van der Waals surface area contributed by atoms with Crippen molar-refractivity contribution in [2.45, 2.75) is 27.2 Å². The highest BCUT2D eigenvalue weighted by atomic mass is 19.1. The molecule has 0 radical (unpaired) electrons. The largest absolute Gasteiger partial charge is 0.487 e. The Labute approximate surface area is 107 Å². The second-order valence-corrected chi connectivity index (χ2v) is 5.24. The van der Waals surface area contributed by atoms with Gasteiger partial charge >= 0.3 is 5.97 Å². The van der Waals surface area contributed by atoms with E-state index >= 15 is 0 Å². The molecular weight excluding hydrogens is 235 g/mol. The maximum absolute atomic E-state index is 13.2. The Hall–Kier alpha value is -1.58. The SMILES string of the molecule is CC(C)(C)CC(=O)OCCOc1ccccc1F. The molecule has 1 aromatic rings. The van der Waals surface area contributed by atoms with Crippen molar-refractivity contribution in [3.05, 3.63) is 30.1 Å². The minimum atomic E-state index is -0.418. The topological polar surface area (TPSA) is 35.5 Å². The van der Waals surface area contributed by atoms with E-state index in [-0.39, 0.29) is 30.3 Å². The van der Waals surface area contributed by atoms with E-state index in [0.29, 0.717) is 6.42 Å². The Balaban J connectivity index is 2.23. The predicted molar refractivity (Wildman–Crippen MR) is 66.9 cm³/mol. The summed E-state index contributed by atoms with van der Waals surface area (Å²) < 4.78 is 23.3. The van der Waals surface area contributed by atoms with Crippen LogP contribution in [0.3, 0.4) is 0 Å². The molecule has 1 rings (SSSR count). The highest BCUT2D eigenvalue weighted by Gasteiger charge is 2.16. The van der Waals surface area contributed by atoms with Gasteiger partial charge in [0, 0.05) is 0 Å². The van der Waals surface area contributed by atoms with E-state index in [4.69, 9.17) is 9.47 Å². The standard InChI is InChI=1S/C14H19FO3/c1-14(2,3)10-13(16)18-9-8-17-12-7-5-4-6-11(12)15/h4-7H,8-10H2,1-3H3. The second kappa shape index (κ2) is 6.38. The van der Waals surface area contributed by atoms with Gasteiger partial charge in [-0.3, -0.25) is 4.79 Å². The fourth-order valence-electron chi connectivity index (χ4n) is 1.35. The van der Waals surface area contributed by atoms with E-state index in [0.717, 1.165) is 0 Å². The van der Waals surface area contributed by atoms with Crippen LogP contribution in [0.2, 0.25) is 0 Å². The van der Waals surface area contributed by atoms with Crippen molar-refractivity contribution in [2.24, 2.45) is 5.41 Å². The van der Waals surface area contributed by atoms with Gasteiger partial charge in [-0.25, -0.2) is 4.39 Å². The van der Waals surface area contributed by atoms with Gasteiger partial charge < -0.3 is 9.47 Å². The number of hydrogen-bond acceptors (Lipinski definition) is 3. The van der Waals surface area contributed by atoms with Crippen LogP contribution in [0.15, 0.2) is 24.3 Å². The first-order valence-corrected chi connectivity index (χ1v) is 5.91. The molecule has 18 heavy (non-hydrogen) atoms. The quantitative estimate of drug-likeness (QED) is 0.598. The lowest BCUT2D eigenvalue weighted by molar-refractivity contribution is -0.146. The molecule has 0 N–H and O–H groups in total. The number of ether oxygens (including phenoxy) is 2. The Morgan fingerprint density at radius 1 is 1.22 bits per heavy atom. The van der Waals surface area contributed by atoms with Crippen molar-refractivity contribution in [1.29, 1.82) is 0 Å². The van der Waals surface area contributed by atoms with Crippen molar-refractivity contribution in [1.82, 2.24) is 0 Å². The molecule has 0 aromatic heterocycles. The number of halogens is 1. The van der Waals surface area contributed by atoms with E-state index in [1.165, 1.54) is 12.1 Å². The second-order valence-electron chi connectivity index (χ2n) is 5.24. The van der Waals surface area contributed by atoms with Gasteiger partial charge in [0.1, 0.15) is 13.2 Å². The molecule has 0 heterocycles. The molecule has 0 aliphatic carbocycles. The Kier molecular flexibility index (Phi) is 5.13. The molecule has 4 heteroatoms. The highest BCUT2D eigenvalue weighted by Crippen LogP contribution is 2.19. The molecular formula is C14H19FO3. The van der Waals surface area contributed by atoms with Gasteiger partial charge in [-0.05, 0) is 17.5 Å².